The Morgan fingerprint density at radius 2 is 1.88 bits per heavy atom. The number of anilines is 1. The maximum Gasteiger partial charge on any atom is 0.230 e. The maximum absolute atomic E-state index is 12.8. The molecular formula is C20H26N4O. The molecule has 5 heteroatoms. The van der Waals surface area contributed by atoms with E-state index in [-0.39, 0.29) is 11.8 Å². The molecule has 2 heterocycles. The van der Waals surface area contributed by atoms with Crippen LogP contribution < -0.4 is 4.90 Å². The number of carbonyl (C=O) groups excluding carboxylic acids is 1. The number of amides is 1. The van der Waals surface area contributed by atoms with Crippen LogP contribution in [0.5, 0.6) is 0 Å². The van der Waals surface area contributed by atoms with E-state index in [1.54, 1.807) is 4.90 Å². The van der Waals surface area contributed by atoms with Gasteiger partial charge in [0.1, 0.15) is 5.82 Å². The Bertz CT molecular complexity index is 772. The first-order valence-corrected chi connectivity index (χ1v) is 9.42. The number of rotatable bonds is 4. The van der Waals surface area contributed by atoms with E-state index in [9.17, 15) is 4.79 Å². The molecule has 2 aliphatic rings. The van der Waals surface area contributed by atoms with Crippen LogP contribution in [0.4, 0.5) is 5.82 Å². The first kappa shape index (κ1) is 16.3. The molecule has 0 unspecified atom stereocenters. The van der Waals surface area contributed by atoms with Gasteiger partial charge in [0.25, 0.3) is 0 Å². The Morgan fingerprint density at radius 1 is 1.12 bits per heavy atom. The highest BCUT2D eigenvalue weighted by atomic mass is 16.2. The number of pyridine rings is 1. The molecule has 0 aliphatic heterocycles. The van der Waals surface area contributed by atoms with Crippen molar-refractivity contribution < 1.29 is 4.79 Å². The fraction of sp³-hybridized carbons (Fsp3) is 0.550. The molecule has 0 bridgehead atoms. The standard InChI is InChI=1S/C20H26N4O/c1-14-10-16(17-12-21-24(13-17)18-8-9-18)11-19(22-14)23(2)20(25)15-6-4-3-5-7-15/h10-13,15,18H,3-9H2,1-2H3. The minimum Gasteiger partial charge on any atom is -0.300 e. The summed E-state index contributed by atoms with van der Waals surface area (Å²) in [5.74, 6) is 1.10. The minimum atomic E-state index is 0.155. The Kier molecular flexibility index (Phi) is 4.32. The molecule has 5 nitrogen and oxygen atoms in total. The topological polar surface area (TPSA) is 51.0 Å². The summed E-state index contributed by atoms with van der Waals surface area (Å²) in [6, 6.07) is 4.66. The summed E-state index contributed by atoms with van der Waals surface area (Å²) >= 11 is 0. The van der Waals surface area contributed by atoms with E-state index < -0.39 is 0 Å². The molecule has 0 spiro atoms. The second-order valence-corrected chi connectivity index (χ2v) is 7.53. The Labute approximate surface area is 149 Å². The van der Waals surface area contributed by atoms with Crippen LogP contribution in [0.25, 0.3) is 11.1 Å². The SMILES string of the molecule is Cc1cc(-c2cnn(C3CC3)c2)cc(N(C)C(=O)C2CCCCC2)n1. The number of aryl methyl sites for hydroxylation is 1. The Hall–Kier alpha value is -2.17. The summed E-state index contributed by atoms with van der Waals surface area (Å²) in [5.41, 5.74) is 3.10. The lowest BCUT2D eigenvalue weighted by atomic mass is 9.88. The van der Waals surface area contributed by atoms with Gasteiger partial charge in [-0.3, -0.25) is 14.4 Å². The van der Waals surface area contributed by atoms with Crippen LogP contribution in [0.2, 0.25) is 0 Å². The molecule has 4 rings (SSSR count). The first-order valence-electron chi connectivity index (χ1n) is 9.42. The lowest BCUT2D eigenvalue weighted by molar-refractivity contribution is -0.123. The van der Waals surface area contributed by atoms with Gasteiger partial charge in [-0.2, -0.15) is 5.10 Å². The second-order valence-electron chi connectivity index (χ2n) is 7.53. The van der Waals surface area contributed by atoms with Crippen LogP contribution in [0.1, 0.15) is 56.7 Å². The van der Waals surface area contributed by atoms with E-state index in [2.05, 4.69) is 27.0 Å². The molecule has 25 heavy (non-hydrogen) atoms. The summed E-state index contributed by atoms with van der Waals surface area (Å²) in [6.07, 6.45) is 12.1. The Balaban J connectivity index is 1.58. The van der Waals surface area contributed by atoms with Gasteiger partial charge in [0.05, 0.1) is 12.2 Å². The third kappa shape index (κ3) is 3.46. The highest BCUT2D eigenvalue weighted by Crippen LogP contribution is 2.35. The van der Waals surface area contributed by atoms with Gasteiger partial charge in [0.15, 0.2) is 0 Å². The van der Waals surface area contributed by atoms with Gasteiger partial charge in [0.2, 0.25) is 5.91 Å². The molecular weight excluding hydrogens is 312 g/mol. The molecule has 2 saturated carbocycles. The first-order chi connectivity index (χ1) is 12.1. The monoisotopic (exact) mass is 338 g/mol. The molecule has 0 saturated heterocycles. The van der Waals surface area contributed by atoms with Gasteiger partial charge in [-0.15, -0.1) is 0 Å². The molecule has 2 aromatic heterocycles. The number of nitrogens with zero attached hydrogens (tertiary/aromatic N) is 4. The highest BCUT2D eigenvalue weighted by Gasteiger charge is 2.26. The molecule has 1 amide bonds. The van der Waals surface area contributed by atoms with Crippen molar-refractivity contribution in [3.8, 4) is 11.1 Å². The average Bonchev–Trinajstić information content (AvgIpc) is 3.37. The van der Waals surface area contributed by atoms with E-state index >= 15 is 0 Å². The van der Waals surface area contributed by atoms with Crippen LogP contribution in [-0.2, 0) is 4.79 Å². The van der Waals surface area contributed by atoms with Crippen LogP contribution >= 0.6 is 0 Å². The van der Waals surface area contributed by atoms with Crippen molar-refractivity contribution in [2.75, 3.05) is 11.9 Å². The van der Waals surface area contributed by atoms with Crippen molar-refractivity contribution in [3.63, 3.8) is 0 Å². The lowest BCUT2D eigenvalue weighted by Crippen LogP contribution is -2.34. The largest absolute Gasteiger partial charge is 0.300 e. The second kappa shape index (κ2) is 6.62. The normalized spacial score (nSPS) is 18.3. The van der Waals surface area contributed by atoms with Crippen LogP contribution in [0.3, 0.4) is 0 Å². The molecule has 132 valence electrons. The molecule has 0 atom stereocenters. The highest BCUT2D eigenvalue weighted by molar-refractivity contribution is 5.94. The summed E-state index contributed by atoms with van der Waals surface area (Å²) in [6.45, 7) is 1.98. The molecule has 0 N–H and O–H groups in total. The summed E-state index contributed by atoms with van der Waals surface area (Å²) in [5, 5.41) is 4.48. The minimum absolute atomic E-state index is 0.155. The number of hydrogen-bond acceptors (Lipinski definition) is 3. The van der Waals surface area contributed by atoms with Crippen LogP contribution in [0.15, 0.2) is 24.5 Å². The van der Waals surface area contributed by atoms with Crippen molar-refractivity contribution in [2.45, 2.75) is 57.9 Å². The van der Waals surface area contributed by atoms with E-state index in [4.69, 9.17) is 0 Å². The van der Waals surface area contributed by atoms with E-state index in [1.165, 1.54) is 19.3 Å². The van der Waals surface area contributed by atoms with Crippen molar-refractivity contribution in [1.82, 2.24) is 14.8 Å². The fourth-order valence-electron chi connectivity index (χ4n) is 3.75. The zero-order valence-electron chi connectivity index (χ0n) is 15.1. The van der Waals surface area contributed by atoms with Gasteiger partial charge in [-0.05, 0) is 50.3 Å². The van der Waals surface area contributed by atoms with E-state index in [0.29, 0.717) is 6.04 Å². The van der Waals surface area contributed by atoms with Crippen molar-refractivity contribution in [2.24, 2.45) is 5.92 Å². The van der Waals surface area contributed by atoms with Crippen molar-refractivity contribution in [3.05, 3.63) is 30.2 Å². The van der Waals surface area contributed by atoms with E-state index in [0.717, 1.165) is 48.3 Å². The molecule has 0 radical (unpaired) electrons. The summed E-state index contributed by atoms with van der Waals surface area (Å²) < 4.78 is 2.06. The Morgan fingerprint density at radius 3 is 2.60 bits per heavy atom. The maximum atomic E-state index is 12.8. The lowest BCUT2D eigenvalue weighted by Gasteiger charge is -2.26. The predicted octanol–water partition coefficient (Wildman–Crippen LogP) is 4.13. The number of aromatic nitrogens is 3. The van der Waals surface area contributed by atoms with Gasteiger partial charge in [0, 0.05) is 30.4 Å². The third-order valence-corrected chi connectivity index (χ3v) is 5.42. The summed E-state index contributed by atoms with van der Waals surface area (Å²) in [4.78, 5) is 19.2. The average molecular weight is 338 g/mol. The van der Waals surface area contributed by atoms with Crippen LogP contribution in [-0.4, -0.2) is 27.7 Å². The predicted molar refractivity (Wildman–Crippen MR) is 98.5 cm³/mol. The zero-order chi connectivity index (χ0) is 17.4. The van der Waals surface area contributed by atoms with Gasteiger partial charge in [-0.1, -0.05) is 19.3 Å². The molecule has 2 aromatic rings. The fourth-order valence-corrected chi connectivity index (χ4v) is 3.75. The summed E-state index contributed by atoms with van der Waals surface area (Å²) in [7, 11) is 1.86. The van der Waals surface area contributed by atoms with E-state index in [1.807, 2.05) is 26.2 Å². The van der Waals surface area contributed by atoms with Gasteiger partial charge in [-0.25, -0.2) is 4.98 Å². The molecule has 2 fully saturated rings. The molecule has 2 aliphatic carbocycles. The van der Waals surface area contributed by atoms with Gasteiger partial charge >= 0.3 is 0 Å². The quantitative estimate of drug-likeness (QED) is 0.842. The zero-order valence-corrected chi connectivity index (χ0v) is 15.1. The van der Waals surface area contributed by atoms with Crippen LogP contribution in [0, 0.1) is 12.8 Å². The number of hydrogen-bond donors (Lipinski definition) is 0. The third-order valence-electron chi connectivity index (χ3n) is 5.42. The number of carbonyl (C=O) groups is 1. The smallest absolute Gasteiger partial charge is 0.230 e. The van der Waals surface area contributed by atoms with Crippen molar-refractivity contribution in [1.29, 1.82) is 0 Å². The van der Waals surface area contributed by atoms with Gasteiger partial charge < -0.3 is 0 Å². The molecule has 0 aromatic carbocycles. The van der Waals surface area contributed by atoms with Crippen molar-refractivity contribution >= 4 is 11.7 Å².